The number of rotatable bonds is 5. The van der Waals surface area contributed by atoms with E-state index in [4.69, 9.17) is 0 Å². The summed E-state index contributed by atoms with van der Waals surface area (Å²) in [5.41, 5.74) is -0.0258. The second-order valence-corrected chi connectivity index (χ2v) is 9.94. The lowest BCUT2D eigenvalue weighted by Crippen LogP contribution is -2.38. The Bertz CT molecular complexity index is 1390. The largest absolute Gasteiger partial charge is 0.416 e. The molecule has 1 aromatic carbocycles. The number of halogens is 3. The monoisotopic (exact) mass is 478 g/mol. The third-order valence-corrected chi connectivity index (χ3v) is 7.17. The molecule has 0 aliphatic carbocycles. The van der Waals surface area contributed by atoms with E-state index in [-0.39, 0.29) is 17.9 Å². The Kier molecular flexibility index (Phi) is 5.89. The lowest BCUT2D eigenvalue weighted by atomic mass is 9.99. The summed E-state index contributed by atoms with van der Waals surface area (Å²) in [5, 5.41) is 4.12. The fourth-order valence-electron chi connectivity index (χ4n) is 3.86. The summed E-state index contributed by atoms with van der Waals surface area (Å²) >= 11 is 2.67. The van der Waals surface area contributed by atoms with Crippen LogP contribution >= 0.6 is 22.7 Å². The van der Waals surface area contributed by atoms with Crippen molar-refractivity contribution in [2.24, 2.45) is 13.0 Å². The molecule has 0 fully saturated rings. The van der Waals surface area contributed by atoms with E-state index in [2.05, 4.69) is 0 Å². The van der Waals surface area contributed by atoms with E-state index in [0.29, 0.717) is 27.2 Å². The molecule has 0 saturated heterocycles. The van der Waals surface area contributed by atoms with Crippen LogP contribution in [0.2, 0.25) is 0 Å². The van der Waals surface area contributed by atoms with Gasteiger partial charge < -0.3 is 0 Å². The minimum absolute atomic E-state index is 0.0131. The van der Waals surface area contributed by atoms with Gasteiger partial charge in [-0.25, -0.2) is 4.79 Å². The number of nitrogens with zero attached hydrogens (tertiary/aromatic N) is 2. The molecule has 0 aliphatic heterocycles. The molecule has 4 nitrogen and oxygen atoms in total. The van der Waals surface area contributed by atoms with Gasteiger partial charge in [0, 0.05) is 30.5 Å². The minimum atomic E-state index is -4.48. The van der Waals surface area contributed by atoms with Crippen molar-refractivity contribution in [2.45, 2.75) is 33.0 Å². The first-order valence-corrected chi connectivity index (χ1v) is 11.8. The summed E-state index contributed by atoms with van der Waals surface area (Å²) in [6.45, 7) is 4.35. The first-order valence-electron chi connectivity index (χ1n) is 10.0. The maximum absolute atomic E-state index is 13.6. The highest BCUT2D eigenvalue weighted by molar-refractivity contribution is 7.19. The second-order valence-electron chi connectivity index (χ2n) is 8.08. The molecule has 0 atom stereocenters. The summed E-state index contributed by atoms with van der Waals surface area (Å²) in [7, 11) is 1.44. The molecule has 0 saturated carbocycles. The van der Waals surface area contributed by atoms with Gasteiger partial charge >= 0.3 is 11.9 Å². The zero-order valence-electron chi connectivity index (χ0n) is 17.7. The lowest BCUT2D eigenvalue weighted by molar-refractivity contribution is -0.138. The molecule has 0 radical (unpaired) electrons. The zero-order valence-corrected chi connectivity index (χ0v) is 19.3. The summed E-state index contributed by atoms with van der Waals surface area (Å²) in [6, 6.07) is 7.33. The van der Waals surface area contributed by atoms with Crippen molar-refractivity contribution in [3.8, 4) is 11.1 Å². The molecule has 3 aromatic heterocycles. The van der Waals surface area contributed by atoms with Crippen molar-refractivity contribution in [1.82, 2.24) is 9.13 Å². The Morgan fingerprint density at radius 2 is 1.81 bits per heavy atom. The van der Waals surface area contributed by atoms with E-state index in [9.17, 15) is 22.8 Å². The standard InChI is InChI=1S/C23H21F3N2O2S2/c1-13(2)11-28-21-19(20(29)27(3)22(28)30)18(15-8-9-31-12-15)17(32-21)10-14-6-4-5-7-16(14)23(24,25)26/h4-9,12-13H,10-11H2,1-3H3. The Labute approximate surface area is 190 Å². The van der Waals surface area contributed by atoms with Crippen LogP contribution in [-0.2, 0) is 26.2 Å². The average molecular weight is 479 g/mol. The van der Waals surface area contributed by atoms with E-state index in [1.807, 2.05) is 30.7 Å². The molecule has 4 aromatic rings. The van der Waals surface area contributed by atoms with Crippen LogP contribution in [0.4, 0.5) is 13.2 Å². The first-order chi connectivity index (χ1) is 15.1. The van der Waals surface area contributed by atoms with Crippen molar-refractivity contribution in [3.05, 3.63) is 77.9 Å². The lowest BCUT2D eigenvalue weighted by Gasteiger charge is -2.12. The van der Waals surface area contributed by atoms with Crippen LogP contribution in [0.3, 0.4) is 0 Å². The number of fused-ring (bicyclic) bond motifs is 1. The average Bonchev–Trinajstić information content (AvgIpc) is 3.37. The predicted octanol–water partition coefficient (Wildman–Crippen LogP) is 5.76. The van der Waals surface area contributed by atoms with Gasteiger partial charge in [-0.05, 0) is 39.9 Å². The van der Waals surface area contributed by atoms with Crippen molar-refractivity contribution >= 4 is 32.9 Å². The zero-order chi connectivity index (χ0) is 23.2. The fourth-order valence-corrected chi connectivity index (χ4v) is 5.85. The smallest absolute Gasteiger partial charge is 0.284 e. The van der Waals surface area contributed by atoms with Crippen LogP contribution in [-0.4, -0.2) is 9.13 Å². The molecule has 168 valence electrons. The SMILES string of the molecule is CC(C)Cn1c(=O)n(C)c(=O)c2c(-c3ccsc3)c(Cc3ccccc3C(F)(F)F)sc21. The highest BCUT2D eigenvalue weighted by atomic mass is 32.1. The van der Waals surface area contributed by atoms with Gasteiger partial charge in [0.25, 0.3) is 5.56 Å². The summed E-state index contributed by atoms with van der Waals surface area (Å²) < 4.78 is 43.5. The Morgan fingerprint density at radius 1 is 1.09 bits per heavy atom. The van der Waals surface area contributed by atoms with Gasteiger partial charge in [-0.1, -0.05) is 32.0 Å². The quantitative estimate of drug-likeness (QED) is 0.366. The van der Waals surface area contributed by atoms with E-state index in [0.717, 1.165) is 16.2 Å². The maximum atomic E-state index is 13.6. The van der Waals surface area contributed by atoms with Gasteiger partial charge in [0.15, 0.2) is 0 Å². The van der Waals surface area contributed by atoms with Crippen molar-refractivity contribution in [1.29, 1.82) is 0 Å². The second kappa shape index (κ2) is 8.37. The molecule has 3 heterocycles. The minimum Gasteiger partial charge on any atom is -0.284 e. The van der Waals surface area contributed by atoms with Crippen molar-refractivity contribution < 1.29 is 13.2 Å². The molecular formula is C23H21F3N2O2S2. The highest BCUT2D eigenvalue weighted by Gasteiger charge is 2.33. The van der Waals surface area contributed by atoms with Gasteiger partial charge in [-0.15, -0.1) is 11.3 Å². The van der Waals surface area contributed by atoms with Crippen molar-refractivity contribution in [3.63, 3.8) is 0 Å². The van der Waals surface area contributed by atoms with E-state index >= 15 is 0 Å². The summed E-state index contributed by atoms with van der Waals surface area (Å²) in [5.74, 6) is 0.148. The number of aromatic nitrogens is 2. The van der Waals surface area contributed by atoms with Crippen LogP contribution in [0.25, 0.3) is 21.3 Å². The van der Waals surface area contributed by atoms with Crippen molar-refractivity contribution in [2.75, 3.05) is 0 Å². The Hall–Kier alpha value is -2.65. The van der Waals surface area contributed by atoms with E-state index in [1.165, 1.54) is 41.9 Å². The third-order valence-electron chi connectivity index (χ3n) is 5.28. The number of hydrogen-bond donors (Lipinski definition) is 0. The maximum Gasteiger partial charge on any atom is 0.416 e. The normalized spacial score (nSPS) is 12.2. The van der Waals surface area contributed by atoms with Crippen LogP contribution in [0, 0.1) is 5.92 Å². The Balaban J connectivity index is 2.05. The Morgan fingerprint density at radius 3 is 2.44 bits per heavy atom. The van der Waals surface area contributed by atoms with Gasteiger partial charge in [-0.2, -0.15) is 24.5 Å². The third kappa shape index (κ3) is 3.95. The number of benzene rings is 1. The molecule has 0 N–H and O–H groups in total. The molecule has 0 bridgehead atoms. The molecular weight excluding hydrogens is 457 g/mol. The predicted molar refractivity (Wildman–Crippen MR) is 124 cm³/mol. The molecule has 0 amide bonds. The fraction of sp³-hybridized carbons (Fsp3) is 0.304. The van der Waals surface area contributed by atoms with Crippen LogP contribution in [0.5, 0.6) is 0 Å². The number of alkyl halides is 3. The number of hydrogen-bond acceptors (Lipinski definition) is 4. The van der Waals surface area contributed by atoms with Gasteiger partial charge in [0.05, 0.1) is 10.9 Å². The highest BCUT2D eigenvalue weighted by Crippen LogP contribution is 2.41. The molecule has 0 aliphatic rings. The molecule has 0 unspecified atom stereocenters. The molecule has 32 heavy (non-hydrogen) atoms. The summed E-state index contributed by atoms with van der Waals surface area (Å²) in [4.78, 5) is 27.2. The molecule has 4 rings (SSSR count). The molecule has 0 spiro atoms. The summed E-state index contributed by atoms with van der Waals surface area (Å²) in [6.07, 6.45) is -4.47. The van der Waals surface area contributed by atoms with Gasteiger partial charge in [-0.3, -0.25) is 13.9 Å². The molecule has 9 heteroatoms. The first kappa shape index (κ1) is 22.5. The van der Waals surface area contributed by atoms with Crippen LogP contribution in [0.15, 0.2) is 50.7 Å². The topological polar surface area (TPSA) is 44.0 Å². The van der Waals surface area contributed by atoms with E-state index < -0.39 is 23.0 Å². The van der Waals surface area contributed by atoms with Gasteiger partial charge in [0.1, 0.15) is 4.83 Å². The number of thiophene rings is 2. The van der Waals surface area contributed by atoms with E-state index in [1.54, 1.807) is 10.6 Å². The van der Waals surface area contributed by atoms with Crippen LogP contribution in [0.1, 0.15) is 29.9 Å². The van der Waals surface area contributed by atoms with Gasteiger partial charge in [0.2, 0.25) is 0 Å². The van der Waals surface area contributed by atoms with Crippen LogP contribution < -0.4 is 11.2 Å².